The van der Waals surface area contributed by atoms with E-state index in [1.54, 1.807) is 6.92 Å². The second kappa shape index (κ2) is 7.19. The number of esters is 1. The number of rotatable bonds is 7. The molecule has 116 valence electrons. The van der Waals surface area contributed by atoms with E-state index in [0.29, 0.717) is 5.56 Å². The van der Waals surface area contributed by atoms with Gasteiger partial charge in [-0.2, -0.15) is 0 Å². The fourth-order valence-corrected chi connectivity index (χ4v) is 2.73. The number of aryl methyl sites for hydroxylation is 1. The highest BCUT2D eigenvalue weighted by Crippen LogP contribution is 2.16. The molecule has 7 nitrogen and oxygen atoms in total. The molecule has 0 aliphatic rings. The number of carbonyl (C=O) groups is 2. The van der Waals surface area contributed by atoms with Crippen molar-refractivity contribution in [2.75, 3.05) is 13.7 Å². The quantitative estimate of drug-likeness (QED) is 0.572. The molecule has 0 aromatic heterocycles. The van der Waals surface area contributed by atoms with Gasteiger partial charge in [0.2, 0.25) is 10.0 Å². The molecule has 1 aromatic carbocycles. The Morgan fingerprint density at radius 1 is 1.33 bits per heavy atom. The van der Waals surface area contributed by atoms with Crippen LogP contribution in [-0.4, -0.2) is 39.1 Å². The van der Waals surface area contributed by atoms with E-state index in [-0.39, 0.29) is 29.8 Å². The Labute approximate surface area is 123 Å². The minimum atomic E-state index is -3.79. The first-order valence-corrected chi connectivity index (χ1v) is 7.66. The fraction of sp³-hybridized carbons (Fsp3) is 0.385. The molecular weight excluding hydrogens is 298 g/mol. The molecule has 0 aliphatic carbocycles. The first kappa shape index (κ1) is 17.1. The number of hydrogen-bond donors (Lipinski definition) is 2. The zero-order valence-electron chi connectivity index (χ0n) is 11.8. The predicted molar refractivity (Wildman–Crippen MR) is 74.6 cm³/mol. The summed E-state index contributed by atoms with van der Waals surface area (Å²) in [5.74, 6) is -1.60. The van der Waals surface area contributed by atoms with Crippen molar-refractivity contribution in [2.45, 2.75) is 24.7 Å². The van der Waals surface area contributed by atoms with Crippen molar-refractivity contribution in [1.29, 1.82) is 0 Å². The fourth-order valence-electron chi connectivity index (χ4n) is 1.63. The van der Waals surface area contributed by atoms with E-state index in [1.807, 2.05) is 0 Å². The topological polar surface area (TPSA) is 110 Å². The Morgan fingerprint density at radius 2 is 2.00 bits per heavy atom. The second-order valence-corrected chi connectivity index (χ2v) is 6.13. The summed E-state index contributed by atoms with van der Waals surface area (Å²) in [6.45, 7) is 1.68. The summed E-state index contributed by atoms with van der Waals surface area (Å²) in [6.07, 6.45) is 0.0636. The van der Waals surface area contributed by atoms with Crippen LogP contribution in [0.5, 0.6) is 0 Å². The smallest absolute Gasteiger partial charge is 0.338 e. The number of hydrogen-bond acceptors (Lipinski definition) is 5. The number of nitrogens with one attached hydrogen (secondary N) is 1. The Balaban J connectivity index is 2.88. The minimum absolute atomic E-state index is 0.00999. The van der Waals surface area contributed by atoms with Gasteiger partial charge in [0, 0.05) is 13.0 Å². The molecule has 0 fully saturated rings. The summed E-state index contributed by atoms with van der Waals surface area (Å²) in [5.41, 5.74) is 0.776. The van der Waals surface area contributed by atoms with Crippen molar-refractivity contribution in [3.8, 4) is 0 Å². The molecule has 0 saturated carbocycles. The maximum Gasteiger partial charge on any atom is 0.338 e. The third kappa shape index (κ3) is 4.83. The minimum Gasteiger partial charge on any atom is -0.481 e. The van der Waals surface area contributed by atoms with Crippen molar-refractivity contribution in [1.82, 2.24) is 4.72 Å². The zero-order valence-corrected chi connectivity index (χ0v) is 12.6. The van der Waals surface area contributed by atoms with Crippen LogP contribution in [-0.2, 0) is 19.6 Å². The number of methoxy groups -OCH3 is 1. The van der Waals surface area contributed by atoms with E-state index < -0.39 is 22.0 Å². The average Bonchev–Trinajstić information content (AvgIpc) is 2.43. The zero-order chi connectivity index (χ0) is 16.0. The highest BCUT2D eigenvalue weighted by Gasteiger charge is 2.18. The third-order valence-corrected chi connectivity index (χ3v) is 4.24. The molecule has 0 spiro atoms. The van der Waals surface area contributed by atoms with Crippen molar-refractivity contribution >= 4 is 22.0 Å². The number of ether oxygens (including phenoxy) is 1. The molecule has 21 heavy (non-hydrogen) atoms. The highest BCUT2D eigenvalue weighted by molar-refractivity contribution is 7.89. The summed E-state index contributed by atoms with van der Waals surface area (Å²) in [6, 6.07) is 4.13. The lowest BCUT2D eigenvalue weighted by molar-refractivity contribution is -0.137. The van der Waals surface area contributed by atoms with Gasteiger partial charge in [-0.1, -0.05) is 6.07 Å². The van der Waals surface area contributed by atoms with Crippen molar-refractivity contribution in [3.63, 3.8) is 0 Å². The summed E-state index contributed by atoms with van der Waals surface area (Å²) >= 11 is 0. The van der Waals surface area contributed by atoms with Gasteiger partial charge in [-0.15, -0.1) is 0 Å². The molecule has 2 N–H and O–H groups in total. The maximum absolute atomic E-state index is 12.0. The highest BCUT2D eigenvalue weighted by atomic mass is 32.2. The monoisotopic (exact) mass is 315 g/mol. The van der Waals surface area contributed by atoms with Crippen LogP contribution in [0.25, 0.3) is 0 Å². The van der Waals surface area contributed by atoms with E-state index in [1.165, 1.54) is 25.3 Å². The molecule has 0 saturated heterocycles. The summed E-state index contributed by atoms with van der Waals surface area (Å²) in [7, 11) is -2.57. The number of carbonyl (C=O) groups excluding carboxylic acids is 1. The van der Waals surface area contributed by atoms with Gasteiger partial charge in [-0.05, 0) is 31.0 Å². The SMILES string of the molecule is COC(=O)c1cc(S(=O)(=O)NCCCC(=O)O)ccc1C. The van der Waals surface area contributed by atoms with E-state index >= 15 is 0 Å². The molecule has 0 aliphatic heterocycles. The Kier molecular flexibility index (Phi) is 5.86. The van der Waals surface area contributed by atoms with Crippen LogP contribution >= 0.6 is 0 Å². The van der Waals surface area contributed by atoms with Crippen LogP contribution in [0.1, 0.15) is 28.8 Å². The van der Waals surface area contributed by atoms with Gasteiger partial charge in [-0.3, -0.25) is 4.79 Å². The molecule has 8 heteroatoms. The molecule has 0 unspecified atom stereocenters. The van der Waals surface area contributed by atoms with Crippen LogP contribution in [0.4, 0.5) is 0 Å². The van der Waals surface area contributed by atoms with Gasteiger partial charge in [-0.25, -0.2) is 17.9 Å². The second-order valence-electron chi connectivity index (χ2n) is 4.36. The lowest BCUT2D eigenvalue weighted by Crippen LogP contribution is -2.25. The normalized spacial score (nSPS) is 11.1. The number of sulfonamides is 1. The molecule has 0 amide bonds. The predicted octanol–water partition coefficient (Wildman–Crippen LogP) is 0.925. The Bertz CT molecular complexity index is 638. The largest absolute Gasteiger partial charge is 0.481 e. The summed E-state index contributed by atoms with van der Waals surface area (Å²) in [4.78, 5) is 21.8. The van der Waals surface area contributed by atoms with Crippen LogP contribution < -0.4 is 4.72 Å². The molecular formula is C13H17NO6S. The van der Waals surface area contributed by atoms with E-state index in [4.69, 9.17) is 5.11 Å². The van der Waals surface area contributed by atoms with Crippen molar-refractivity contribution < 1.29 is 27.9 Å². The van der Waals surface area contributed by atoms with Crippen LogP contribution in [0.15, 0.2) is 23.1 Å². The number of benzene rings is 1. The van der Waals surface area contributed by atoms with Crippen molar-refractivity contribution in [2.24, 2.45) is 0 Å². The molecule has 0 bridgehead atoms. The summed E-state index contributed by atoms with van der Waals surface area (Å²) in [5, 5.41) is 8.49. The van der Waals surface area contributed by atoms with E-state index in [0.717, 1.165) is 0 Å². The lowest BCUT2D eigenvalue weighted by atomic mass is 10.1. The van der Waals surface area contributed by atoms with Crippen LogP contribution in [0, 0.1) is 6.92 Å². The standard InChI is InChI=1S/C13H17NO6S/c1-9-5-6-10(8-11(9)13(17)20-2)21(18,19)14-7-3-4-12(15)16/h5-6,8,14H,3-4,7H2,1-2H3,(H,15,16). The first-order chi connectivity index (χ1) is 9.77. The van der Waals surface area contributed by atoms with Gasteiger partial charge in [0.05, 0.1) is 17.6 Å². The van der Waals surface area contributed by atoms with Crippen LogP contribution in [0.3, 0.4) is 0 Å². The Morgan fingerprint density at radius 3 is 2.57 bits per heavy atom. The lowest BCUT2D eigenvalue weighted by Gasteiger charge is -2.09. The van der Waals surface area contributed by atoms with E-state index in [9.17, 15) is 18.0 Å². The molecule has 1 rings (SSSR count). The van der Waals surface area contributed by atoms with Crippen molar-refractivity contribution in [3.05, 3.63) is 29.3 Å². The molecule has 0 heterocycles. The van der Waals surface area contributed by atoms with Gasteiger partial charge < -0.3 is 9.84 Å². The van der Waals surface area contributed by atoms with Gasteiger partial charge in [0.15, 0.2) is 0 Å². The number of carboxylic acids is 1. The first-order valence-electron chi connectivity index (χ1n) is 6.18. The maximum atomic E-state index is 12.0. The molecule has 0 atom stereocenters. The van der Waals surface area contributed by atoms with E-state index in [2.05, 4.69) is 9.46 Å². The van der Waals surface area contributed by atoms with Gasteiger partial charge >= 0.3 is 11.9 Å². The third-order valence-electron chi connectivity index (χ3n) is 2.78. The Hall–Kier alpha value is -1.93. The van der Waals surface area contributed by atoms with Crippen LogP contribution in [0.2, 0.25) is 0 Å². The van der Waals surface area contributed by atoms with Gasteiger partial charge in [0.25, 0.3) is 0 Å². The molecule has 1 aromatic rings. The van der Waals surface area contributed by atoms with Gasteiger partial charge in [0.1, 0.15) is 0 Å². The number of aliphatic carboxylic acids is 1. The number of carboxylic acid groups (broad SMARTS) is 1. The molecule has 0 radical (unpaired) electrons. The summed E-state index contributed by atoms with van der Waals surface area (Å²) < 4.78 is 31.0. The average molecular weight is 315 g/mol.